The lowest BCUT2D eigenvalue weighted by Crippen LogP contribution is -2.47. The number of furan rings is 1. The fourth-order valence-corrected chi connectivity index (χ4v) is 5.52. The van der Waals surface area contributed by atoms with Gasteiger partial charge in [0.1, 0.15) is 11.4 Å². The Hall–Kier alpha value is -4.27. The highest BCUT2D eigenvalue weighted by atomic mass is 16.6. The molecule has 1 aliphatic rings. The topological polar surface area (TPSA) is 104 Å². The van der Waals surface area contributed by atoms with Crippen LogP contribution >= 0.6 is 0 Å². The van der Waals surface area contributed by atoms with Crippen LogP contribution in [0.2, 0.25) is 0 Å². The van der Waals surface area contributed by atoms with Crippen LogP contribution < -0.4 is 20.4 Å². The van der Waals surface area contributed by atoms with E-state index in [9.17, 15) is 14.4 Å². The van der Waals surface area contributed by atoms with Crippen molar-refractivity contribution in [1.29, 1.82) is 0 Å². The van der Waals surface area contributed by atoms with Crippen molar-refractivity contribution in [2.24, 2.45) is 0 Å². The van der Waals surface area contributed by atoms with Gasteiger partial charge in [0.2, 0.25) is 0 Å². The zero-order valence-electron chi connectivity index (χ0n) is 27.4. The lowest BCUT2D eigenvalue weighted by atomic mass is 10.1. The average Bonchev–Trinajstić information content (AvgIpc) is 3.44. The van der Waals surface area contributed by atoms with Gasteiger partial charge in [-0.2, -0.15) is 0 Å². The monoisotopic (exact) mass is 616 g/mol. The molecule has 0 unspecified atom stereocenters. The van der Waals surface area contributed by atoms with Crippen LogP contribution in [0.15, 0.2) is 59.0 Å². The molecule has 0 atom stereocenters. The maximum atomic E-state index is 13.1. The highest BCUT2D eigenvalue weighted by Crippen LogP contribution is 2.30. The summed E-state index contributed by atoms with van der Waals surface area (Å²) in [5.74, 6) is 0.195. The molecule has 0 bridgehead atoms. The molecule has 45 heavy (non-hydrogen) atoms. The Morgan fingerprint density at radius 3 is 2.13 bits per heavy atom. The van der Waals surface area contributed by atoms with Crippen LogP contribution in [-0.2, 0) is 9.53 Å². The van der Waals surface area contributed by atoms with Gasteiger partial charge in [-0.1, -0.05) is 37.5 Å². The van der Waals surface area contributed by atoms with E-state index in [1.807, 2.05) is 32.9 Å². The Labute approximate surface area is 267 Å². The van der Waals surface area contributed by atoms with Crippen molar-refractivity contribution in [3.63, 3.8) is 0 Å². The summed E-state index contributed by atoms with van der Waals surface area (Å²) in [5.41, 5.74) is 3.99. The molecule has 0 radical (unpaired) electrons. The maximum Gasteiger partial charge on any atom is 0.306 e. The van der Waals surface area contributed by atoms with Crippen molar-refractivity contribution >= 4 is 34.8 Å². The summed E-state index contributed by atoms with van der Waals surface area (Å²) < 4.78 is 10.9. The van der Waals surface area contributed by atoms with Crippen LogP contribution in [0, 0.1) is 13.8 Å². The third-order valence-corrected chi connectivity index (χ3v) is 7.81. The largest absolute Gasteiger partial charge is 0.460 e. The number of amides is 2. The molecule has 1 aromatic heterocycles. The van der Waals surface area contributed by atoms with Gasteiger partial charge in [-0.05, 0) is 89.4 Å². The Morgan fingerprint density at radius 2 is 1.47 bits per heavy atom. The molecule has 0 aliphatic carbocycles. The normalized spacial score (nSPS) is 13.4. The van der Waals surface area contributed by atoms with Crippen LogP contribution in [0.5, 0.6) is 0 Å². The van der Waals surface area contributed by atoms with E-state index >= 15 is 0 Å². The summed E-state index contributed by atoms with van der Waals surface area (Å²) in [5, 5.41) is 6.01. The first kappa shape index (κ1) is 33.6. The third-order valence-electron chi connectivity index (χ3n) is 7.81. The minimum absolute atomic E-state index is 0.153. The van der Waals surface area contributed by atoms with Crippen molar-refractivity contribution < 1.29 is 23.5 Å². The number of nitrogens with zero attached hydrogens (tertiary/aromatic N) is 2. The van der Waals surface area contributed by atoms with Crippen LogP contribution in [0.4, 0.5) is 17.1 Å². The molecule has 1 aliphatic heterocycles. The number of aryl methyl sites for hydroxylation is 2. The first-order valence-corrected chi connectivity index (χ1v) is 16.1. The maximum absolute atomic E-state index is 13.1. The van der Waals surface area contributed by atoms with E-state index in [1.54, 1.807) is 25.1 Å². The molecule has 2 heterocycles. The Kier molecular flexibility index (Phi) is 11.7. The van der Waals surface area contributed by atoms with E-state index in [1.165, 1.54) is 11.3 Å². The van der Waals surface area contributed by atoms with Crippen molar-refractivity contribution in [1.82, 2.24) is 5.32 Å². The van der Waals surface area contributed by atoms with Gasteiger partial charge < -0.3 is 29.6 Å². The fraction of sp³-hybridized carbons (Fsp3) is 0.472. The first-order chi connectivity index (χ1) is 21.5. The molecule has 9 nitrogen and oxygen atoms in total. The number of unbranched alkanes of at least 4 members (excludes halogenated alkanes) is 4. The van der Waals surface area contributed by atoms with Crippen molar-refractivity contribution in [2.45, 2.75) is 78.7 Å². The standard InChI is InChI=1S/C36H48N4O5/c1-26-13-10-11-14-30(26)39-21-23-40(24-22-39)31-18-17-28(25-29(31)38-35(43)32-19-16-27(2)44-32)34(42)37-20-12-8-6-7-9-15-33(41)45-36(3,4)5/h10-11,13-14,16-19,25H,6-9,12,15,20-24H2,1-5H3,(H,37,42)(H,38,43). The molecule has 0 spiro atoms. The van der Waals surface area contributed by atoms with E-state index in [4.69, 9.17) is 9.15 Å². The van der Waals surface area contributed by atoms with Crippen LogP contribution in [0.25, 0.3) is 0 Å². The number of ether oxygens (including phenoxy) is 1. The smallest absolute Gasteiger partial charge is 0.306 e. The summed E-state index contributed by atoms with van der Waals surface area (Å²) in [6.07, 6.45) is 5.00. The van der Waals surface area contributed by atoms with Crippen LogP contribution in [0.1, 0.15) is 91.5 Å². The second-order valence-electron chi connectivity index (χ2n) is 12.7. The number of esters is 1. The minimum Gasteiger partial charge on any atom is -0.460 e. The Morgan fingerprint density at radius 1 is 0.800 bits per heavy atom. The van der Waals surface area contributed by atoms with E-state index in [0.717, 1.165) is 64.0 Å². The molecular weight excluding hydrogens is 568 g/mol. The van der Waals surface area contributed by atoms with Gasteiger partial charge in [-0.15, -0.1) is 0 Å². The molecule has 2 N–H and O–H groups in total. The minimum atomic E-state index is -0.447. The zero-order valence-corrected chi connectivity index (χ0v) is 27.4. The van der Waals surface area contributed by atoms with Crippen molar-refractivity contribution in [3.8, 4) is 0 Å². The number of hydrogen-bond donors (Lipinski definition) is 2. The Bertz CT molecular complexity index is 1450. The number of anilines is 3. The predicted octanol–water partition coefficient (Wildman–Crippen LogP) is 6.89. The second-order valence-corrected chi connectivity index (χ2v) is 12.7. The molecule has 2 amide bonds. The molecular formula is C36H48N4O5. The molecule has 1 saturated heterocycles. The number of carbonyl (C=O) groups excluding carboxylic acids is 3. The average molecular weight is 617 g/mol. The van der Waals surface area contributed by atoms with Crippen LogP contribution in [0.3, 0.4) is 0 Å². The highest BCUT2D eigenvalue weighted by molar-refractivity contribution is 6.05. The van der Waals surface area contributed by atoms with Crippen molar-refractivity contribution in [2.75, 3.05) is 47.8 Å². The molecule has 242 valence electrons. The lowest BCUT2D eigenvalue weighted by Gasteiger charge is -2.38. The van der Waals surface area contributed by atoms with Gasteiger partial charge >= 0.3 is 5.97 Å². The summed E-state index contributed by atoms with van der Waals surface area (Å²) >= 11 is 0. The van der Waals surface area contributed by atoms with Crippen molar-refractivity contribution in [3.05, 3.63) is 77.2 Å². The number of hydrogen-bond acceptors (Lipinski definition) is 7. The van der Waals surface area contributed by atoms with E-state index < -0.39 is 5.60 Å². The fourth-order valence-electron chi connectivity index (χ4n) is 5.52. The summed E-state index contributed by atoms with van der Waals surface area (Å²) in [6, 6.07) is 17.3. The molecule has 0 saturated carbocycles. The summed E-state index contributed by atoms with van der Waals surface area (Å²) in [6.45, 7) is 13.4. The van der Waals surface area contributed by atoms with Gasteiger partial charge in [0, 0.05) is 50.4 Å². The number of nitrogens with one attached hydrogen (secondary N) is 2. The molecule has 3 aromatic rings. The molecule has 4 rings (SSSR count). The summed E-state index contributed by atoms with van der Waals surface area (Å²) in [7, 11) is 0. The van der Waals surface area contributed by atoms with E-state index in [0.29, 0.717) is 30.0 Å². The third kappa shape index (κ3) is 10.1. The SMILES string of the molecule is Cc1ccc(C(=O)Nc2cc(C(=O)NCCCCCCCC(=O)OC(C)(C)C)ccc2N2CCN(c3ccccc3C)CC2)o1. The summed E-state index contributed by atoms with van der Waals surface area (Å²) in [4.78, 5) is 42.6. The number of para-hydroxylation sites is 1. The first-order valence-electron chi connectivity index (χ1n) is 16.1. The second kappa shape index (κ2) is 15.6. The number of carbonyl (C=O) groups is 3. The zero-order chi connectivity index (χ0) is 32.4. The van der Waals surface area contributed by atoms with Gasteiger partial charge in [-0.25, -0.2) is 0 Å². The number of piperazine rings is 1. The number of benzene rings is 2. The van der Waals surface area contributed by atoms with Gasteiger partial charge in [0.05, 0.1) is 11.4 Å². The quantitative estimate of drug-likeness (QED) is 0.159. The molecule has 2 aromatic carbocycles. The number of rotatable bonds is 13. The van der Waals surface area contributed by atoms with Gasteiger partial charge in [0.15, 0.2) is 5.76 Å². The molecule has 1 fully saturated rings. The molecule has 9 heteroatoms. The highest BCUT2D eigenvalue weighted by Gasteiger charge is 2.23. The Balaban J connectivity index is 1.32. The van der Waals surface area contributed by atoms with E-state index in [-0.39, 0.29) is 23.5 Å². The van der Waals surface area contributed by atoms with E-state index in [2.05, 4.69) is 51.6 Å². The predicted molar refractivity (Wildman–Crippen MR) is 179 cm³/mol. The van der Waals surface area contributed by atoms with Gasteiger partial charge in [-0.3, -0.25) is 14.4 Å². The lowest BCUT2D eigenvalue weighted by molar-refractivity contribution is -0.154. The van der Waals surface area contributed by atoms with Crippen LogP contribution in [-0.4, -0.2) is 56.1 Å². The van der Waals surface area contributed by atoms with Gasteiger partial charge in [0.25, 0.3) is 11.8 Å².